The van der Waals surface area contributed by atoms with E-state index in [2.05, 4.69) is 15.0 Å². The Kier molecular flexibility index (Phi) is 2.34. The Hall–Kier alpha value is -1.95. The van der Waals surface area contributed by atoms with Crippen LogP contribution in [0.2, 0.25) is 0 Å². The summed E-state index contributed by atoms with van der Waals surface area (Å²) in [6, 6.07) is 4.88. The highest BCUT2D eigenvalue weighted by atomic mass is 32.1. The molecule has 0 radical (unpaired) electrons. The van der Waals surface area contributed by atoms with Gasteiger partial charge in [-0.05, 0) is 12.1 Å². The van der Waals surface area contributed by atoms with Crippen LogP contribution in [0.5, 0.6) is 0 Å². The lowest BCUT2D eigenvalue weighted by Gasteiger charge is -2.00. The number of carboxylic acids is 1. The molecule has 0 fully saturated rings. The summed E-state index contributed by atoms with van der Waals surface area (Å²) in [6.45, 7) is 0. The quantitative estimate of drug-likeness (QED) is 0.676. The smallest absolute Gasteiger partial charge is 0.352 e. The lowest BCUT2D eigenvalue weighted by atomic mass is 10.3. The van der Waals surface area contributed by atoms with Gasteiger partial charge >= 0.3 is 5.97 Å². The highest BCUT2D eigenvalue weighted by Crippen LogP contribution is 2.11. The van der Waals surface area contributed by atoms with Gasteiger partial charge < -0.3 is 15.1 Å². The molecule has 0 bridgehead atoms. The van der Waals surface area contributed by atoms with Crippen LogP contribution in [-0.4, -0.2) is 26.0 Å². The molecule has 3 N–H and O–H groups in total. The Labute approximate surface area is 89.8 Å². The standard InChI is InChI=1S/C9H7N3O2S/c13-9(14)6-4-7(15)12-8(11-6)5-2-1-3-10-5/h1-4,10H,(H,13,14)(H,11,12,15). The van der Waals surface area contributed by atoms with Crippen LogP contribution in [0.3, 0.4) is 0 Å². The maximum atomic E-state index is 10.8. The van der Waals surface area contributed by atoms with E-state index >= 15 is 0 Å². The fourth-order valence-corrected chi connectivity index (χ4v) is 1.39. The van der Waals surface area contributed by atoms with Gasteiger partial charge in [0.1, 0.15) is 10.3 Å². The molecule has 0 aromatic carbocycles. The fraction of sp³-hybridized carbons (Fsp3) is 0. The number of hydrogen-bond acceptors (Lipinski definition) is 3. The number of hydrogen-bond donors (Lipinski definition) is 3. The van der Waals surface area contributed by atoms with Crippen LogP contribution in [0, 0.1) is 4.64 Å². The Morgan fingerprint density at radius 2 is 2.33 bits per heavy atom. The molecule has 0 amide bonds. The van der Waals surface area contributed by atoms with Crippen LogP contribution >= 0.6 is 12.2 Å². The van der Waals surface area contributed by atoms with Crippen molar-refractivity contribution in [1.82, 2.24) is 15.0 Å². The summed E-state index contributed by atoms with van der Waals surface area (Å²) in [4.78, 5) is 20.4. The molecular formula is C9H7N3O2S. The van der Waals surface area contributed by atoms with E-state index in [0.717, 1.165) is 0 Å². The zero-order valence-corrected chi connectivity index (χ0v) is 8.34. The molecule has 0 saturated carbocycles. The third-order valence-electron chi connectivity index (χ3n) is 1.83. The van der Waals surface area contributed by atoms with Crippen molar-refractivity contribution in [2.75, 3.05) is 0 Å². The Morgan fingerprint density at radius 1 is 1.53 bits per heavy atom. The van der Waals surface area contributed by atoms with Crippen LogP contribution in [0.1, 0.15) is 10.5 Å². The largest absolute Gasteiger partial charge is 0.477 e. The van der Waals surface area contributed by atoms with Crippen molar-refractivity contribution in [1.29, 1.82) is 0 Å². The predicted molar refractivity (Wildman–Crippen MR) is 56.2 cm³/mol. The molecule has 0 saturated heterocycles. The second-order valence-electron chi connectivity index (χ2n) is 2.87. The summed E-state index contributed by atoms with van der Waals surface area (Å²) in [5.74, 6) is -0.638. The van der Waals surface area contributed by atoms with Crippen molar-refractivity contribution in [2.45, 2.75) is 0 Å². The molecule has 0 spiro atoms. The normalized spacial score (nSPS) is 10.1. The van der Waals surface area contributed by atoms with E-state index in [9.17, 15) is 4.79 Å². The predicted octanol–water partition coefficient (Wildman–Crippen LogP) is 1.83. The molecule has 2 rings (SSSR count). The summed E-state index contributed by atoms with van der Waals surface area (Å²) in [5, 5.41) is 8.82. The number of rotatable bonds is 2. The lowest BCUT2D eigenvalue weighted by Crippen LogP contribution is -2.03. The van der Waals surface area contributed by atoms with Gasteiger partial charge in [0.15, 0.2) is 5.82 Å². The maximum absolute atomic E-state index is 10.8. The summed E-state index contributed by atoms with van der Waals surface area (Å²) in [6.07, 6.45) is 1.72. The highest BCUT2D eigenvalue weighted by molar-refractivity contribution is 7.71. The van der Waals surface area contributed by atoms with E-state index in [1.54, 1.807) is 18.3 Å². The maximum Gasteiger partial charge on any atom is 0.352 e. The van der Waals surface area contributed by atoms with Gasteiger partial charge in [0.25, 0.3) is 0 Å². The van der Waals surface area contributed by atoms with Gasteiger partial charge in [-0.15, -0.1) is 0 Å². The van der Waals surface area contributed by atoms with Crippen molar-refractivity contribution in [3.05, 3.63) is 34.7 Å². The number of carboxylic acid groups (broad SMARTS) is 1. The second-order valence-corrected chi connectivity index (χ2v) is 3.29. The number of aromatic amines is 2. The minimum absolute atomic E-state index is 0.0274. The number of aromatic nitrogens is 3. The zero-order valence-electron chi connectivity index (χ0n) is 7.52. The molecule has 2 aromatic rings. The van der Waals surface area contributed by atoms with Crippen LogP contribution in [0.25, 0.3) is 11.5 Å². The van der Waals surface area contributed by atoms with Crippen molar-refractivity contribution in [2.24, 2.45) is 0 Å². The highest BCUT2D eigenvalue weighted by Gasteiger charge is 2.07. The van der Waals surface area contributed by atoms with Gasteiger partial charge in [0.2, 0.25) is 0 Å². The number of aromatic carboxylic acids is 1. The van der Waals surface area contributed by atoms with Gasteiger partial charge in [-0.1, -0.05) is 12.2 Å². The Bertz CT molecular complexity index is 545. The number of carbonyl (C=O) groups is 1. The van der Waals surface area contributed by atoms with E-state index in [1.165, 1.54) is 6.07 Å². The van der Waals surface area contributed by atoms with Gasteiger partial charge in [0.05, 0.1) is 5.69 Å². The molecule has 0 aliphatic carbocycles. The van der Waals surface area contributed by atoms with Crippen molar-refractivity contribution in [3.63, 3.8) is 0 Å². The second kappa shape index (κ2) is 3.66. The van der Waals surface area contributed by atoms with Crippen LogP contribution in [-0.2, 0) is 0 Å². The van der Waals surface area contributed by atoms with Gasteiger partial charge in [-0.25, -0.2) is 9.78 Å². The van der Waals surface area contributed by atoms with Gasteiger partial charge in [0, 0.05) is 12.3 Å². The summed E-state index contributed by atoms with van der Waals surface area (Å²) < 4.78 is 0.246. The molecule has 0 aliphatic rings. The molecule has 76 valence electrons. The molecule has 6 heteroatoms. The van der Waals surface area contributed by atoms with Crippen LogP contribution in [0.4, 0.5) is 0 Å². The third kappa shape index (κ3) is 1.94. The topological polar surface area (TPSA) is 81.8 Å². The van der Waals surface area contributed by atoms with Gasteiger partial charge in [-0.3, -0.25) is 0 Å². The number of nitrogens with one attached hydrogen (secondary N) is 2. The summed E-state index contributed by atoms with van der Waals surface area (Å²) >= 11 is 4.87. The first-order chi connectivity index (χ1) is 7.16. The monoisotopic (exact) mass is 221 g/mol. The first-order valence-electron chi connectivity index (χ1n) is 4.15. The number of nitrogens with zero attached hydrogens (tertiary/aromatic N) is 1. The van der Waals surface area contributed by atoms with E-state index < -0.39 is 5.97 Å². The molecule has 5 nitrogen and oxygen atoms in total. The Morgan fingerprint density at radius 3 is 2.93 bits per heavy atom. The third-order valence-corrected chi connectivity index (χ3v) is 2.04. The van der Waals surface area contributed by atoms with Crippen molar-refractivity contribution in [3.8, 4) is 11.5 Å². The molecule has 0 atom stereocenters. The minimum atomic E-state index is -1.06. The van der Waals surface area contributed by atoms with E-state index in [1.807, 2.05) is 0 Å². The summed E-state index contributed by atoms with van der Waals surface area (Å²) in [5.41, 5.74) is 0.726. The van der Waals surface area contributed by atoms with Crippen LogP contribution < -0.4 is 0 Å². The van der Waals surface area contributed by atoms with Gasteiger partial charge in [-0.2, -0.15) is 0 Å². The molecule has 2 aromatic heterocycles. The van der Waals surface area contributed by atoms with Crippen LogP contribution in [0.15, 0.2) is 24.4 Å². The first-order valence-corrected chi connectivity index (χ1v) is 4.56. The average Bonchev–Trinajstić information content (AvgIpc) is 2.69. The minimum Gasteiger partial charge on any atom is -0.477 e. The first kappa shape index (κ1) is 9.60. The SMILES string of the molecule is O=C(O)c1cc(=S)nc(-c2ccc[nH]2)[nH]1. The molecule has 0 unspecified atom stereocenters. The molecular weight excluding hydrogens is 214 g/mol. The average molecular weight is 221 g/mol. The number of H-pyrrole nitrogens is 2. The summed E-state index contributed by atoms with van der Waals surface area (Å²) in [7, 11) is 0. The molecule has 15 heavy (non-hydrogen) atoms. The van der Waals surface area contributed by atoms with E-state index in [0.29, 0.717) is 11.5 Å². The van der Waals surface area contributed by atoms with Crippen molar-refractivity contribution >= 4 is 18.2 Å². The molecule has 2 heterocycles. The fourth-order valence-electron chi connectivity index (χ4n) is 1.18. The Balaban J connectivity index is 2.59. The lowest BCUT2D eigenvalue weighted by molar-refractivity contribution is 0.0690. The van der Waals surface area contributed by atoms with E-state index in [-0.39, 0.29) is 10.3 Å². The molecule has 0 aliphatic heterocycles. The van der Waals surface area contributed by atoms with Crippen molar-refractivity contribution < 1.29 is 9.90 Å². The zero-order chi connectivity index (χ0) is 10.8. The van der Waals surface area contributed by atoms with E-state index in [4.69, 9.17) is 17.3 Å².